The maximum absolute atomic E-state index is 14.0. The van der Waals surface area contributed by atoms with Gasteiger partial charge in [-0.05, 0) is 31.9 Å². The SMILES string of the molecule is CCOC(=O)C1CCN(C(=O)c2cccc(C(F)(F)F)c2F)CC1. The molecule has 0 saturated carbocycles. The molecule has 1 heterocycles. The molecule has 8 heteroatoms. The molecular formula is C16H17F4NO3. The molecule has 1 saturated heterocycles. The molecule has 132 valence electrons. The summed E-state index contributed by atoms with van der Waals surface area (Å²) in [6, 6.07) is 2.63. The zero-order valence-electron chi connectivity index (χ0n) is 13.0. The van der Waals surface area contributed by atoms with Gasteiger partial charge in [-0.2, -0.15) is 13.2 Å². The maximum atomic E-state index is 14.0. The summed E-state index contributed by atoms with van der Waals surface area (Å²) < 4.78 is 57.1. The van der Waals surface area contributed by atoms with Crippen LogP contribution in [-0.4, -0.2) is 36.5 Å². The van der Waals surface area contributed by atoms with Crippen LogP contribution in [0.3, 0.4) is 0 Å². The average Bonchev–Trinajstić information content (AvgIpc) is 2.54. The zero-order valence-corrected chi connectivity index (χ0v) is 13.0. The molecule has 1 fully saturated rings. The van der Waals surface area contributed by atoms with Crippen molar-refractivity contribution in [1.29, 1.82) is 0 Å². The number of amides is 1. The minimum atomic E-state index is -4.86. The first-order valence-corrected chi connectivity index (χ1v) is 7.57. The highest BCUT2D eigenvalue weighted by atomic mass is 19.4. The highest BCUT2D eigenvalue weighted by Gasteiger charge is 2.37. The summed E-state index contributed by atoms with van der Waals surface area (Å²) in [5, 5.41) is 0. The highest BCUT2D eigenvalue weighted by molar-refractivity contribution is 5.95. The summed E-state index contributed by atoms with van der Waals surface area (Å²) in [4.78, 5) is 25.2. The van der Waals surface area contributed by atoms with E-state index in [0.29, 0.717) is 18.9 Å². The van der Waals surface area contributed by atoms with E-state index in [1.807, 2.05) is 0 Å². The Hall–Kier alpha value is -2.12. The van der Waals surface area contributed by atoms with Crippen LogP contribution in [0.25, 0.3) is 0 Å². The fraction of sp³-hybridized carbons (Fsp3) is 0.500. The first-order chi connectivity index (χ1) is 11.3. The molecule has 0 aromatic heterocycles. The van der Waals surface area contributed by atoms with Crippen LogP contribution < -0.4 is 0 Å². The van der Waals surface area contributed by atoms with Crippen LogP contribution in [0.1, 0.15) is 35.7 Å². The molecule has 1 aromatic carbocycles. The fourth-order valence-electron chi connectivity index (χ4n) is 2.66. The number of halogens is 4. The molecule has 1 aliphatic heterocycles. The van der Waals surface area contributed by atoms with E-state index >= 15 is 0 Å². The van der Waals surface area contributed by atoms with E-state index in [2.05, 4.69) is 0 Å². The standard InChI is InChI=1S/C16H17F4NO3/c1-2-24-15(23)10-6-8-21(9-7-10)14(22)11-4-3-5-12(13(11)17)16(18,19)20/h3-5,10H,2,6-9H2,1H3. The van der Waals surface area contributed by atoms with Crippen molar-refractivity contribution in [2.75, 3.05) is 19.7 Å². The van der Waals surface area contributed by atoms with E-state index in [4.69, 9.17) is 4.74 Å². The minimum Gasteiger partial charge on any atom is -0.466 e. The van der Waals surface area contributed by atoms with Crippen molar-refractivity contribution < 1.29 is 31.9 Å². The van der Waals surface area contributed by atoms with Gasteiger partial charge >= 0.3 is 12.1 Å². The monoisotopic (exact) mass is 347 g/mol. The molecule has 0 aliphatic carbocycles. The summed E-state index contributed by atoms with van der Waals surface area (Å²) in [6.45, 7) is 2.27. The Kier molecular flexibility index (Phi) is 5.46. The first kappa shape index (κ1) is 18.2. The van der Waals surface area contributed by atoms with Crippen LogP contribution in [0, 0.1) is 11.7 Å². The lowest BCUT2D eigenvalue weighted by atomic mass is 9.96. The van der Waals surface area contributed by atoms with Gasteiger partial charge in [0.15, 0.2) is 0 Å². The van der Waals surface area contributed by atoms with Crippen molar-refractivity contribution in [1.82, 2.24) is 4.90 Å². The Bertz CT molecular complexity index is 622. The number of alkyl halides is 3. The second-order valence-corrected chi connectivity index (χ2v) is 5.48. The van der Waals surface area contributed by atoms with Gasteiger partial charge in [-0.25, -0.2) is 4.39 Å². The summed E-state index contributed by atoms with van der Waals surface area (Å²) in [6.07, 6.45) is -4.19. The highest BCUT2D eigenvalue weighted by Crippen LogP contribution is 2.33. The third-order valence-corrected chi connectivity index (χ3v) is 3.94. The number of likely N-dealkylation sites (tertiary alicyclic amines) is 1. The van der Waals surface area contributed by atoms with Gasteiger partial charge in [0, 0.05) is 13.1 Å². The van der Waals surface area contributed by atoms with Crippen LogP contribution in [-0.2, 0) is 15.7 Å². The largest absolute Gasteiger partial charge is 0.466 e. The van der Waals surface area contributed by atoms with Crippen LogP contribution >= 0.6 is 0 Å². The van der Waals surface area contributed by atoms with Gasteiger partial charge in [0.25, 0.3) is 5.91 Å². The van der Waals surface area contributed by atoms with Crippen molar-refractivity contribution >= 4 is 11.9 Å². The molecule has 1 aliphatic rings. The van der Waals surface area contributed by atoms with Gasteiger partial charge < -0.3 is 9.64 Å². The second-order valence-electron chi connectivity index (χ2n) is 5.48. The summed E-state index contributed by atoms with van der Waals surface area (Å²) >= 11 is 0. The molecule has 1 aromatic rings. The Morgan fingerprint density at radius 2 is 1.88 bits per heavy atom. The lowest BCUT2D eigenvalue weighted by molar-refractivity contribution is -0.149. The number of piperidine rings is 1. The van der Waals surface area contributed by atoms with Crippen LogP contribution in [0.2, 0.25) is 0 Å². The Balaban J connectivity index is 2.10. The first-order valence-electron chi connectivity index (χ1n) is 7.57. The van der Waals surface area contributed by atoms with Crippen molar-refractivity contribution in [3.63, 3.8) is 0 Å². The van der Waals surface area contributed by atoms with Gasteiger partial charge in [0.2, 0.25) is 0 Å². The minimum absolute atomic E-state index is 0.165. The predicted molar refractivity (Wildman–Crippen MR) is 76.7 cm³/mol. The van der Waals surface area contributed by atoms with Gasteiger partial charge in [-0.15, -0.1) is 0 Å². The third-order valence-electron chi connectivity index (χ3n) is 3.94. The summed E-state index contributed by atoms with van der Waals surface area (Å²) in [5.74, 6) is -3.07. The number of esters is 1. The molecule has 0 N–H and O–H groups in total. The number of rotatable bonds is 3. The van der Waals surface area contributed by atoms with Crippen molar-refractivity contribution in [2.24, 2.45) is 5.92 Å². The summed E-state index contributed by atoms with van der Waals surface area (Å²) in [7, 11) is 0. The van der Waals surface area contributed by atoms with Crippen molar-refractivity contribution in [3.8, 4) is 0 Å². The average molecular weight is 347 g/mol. The van der Waals surface area contributed by atoms with Crippen molar-refractivity contribution in [2.45, 2.75) is 25.9 Å². The van der Waals surface area contributed by atoms with Crippen LogP contribution in [0.4, 0.5) is 17.6 Å². The quantitative estimate of drug-likeness (QED) is 0.623. The molecule has 24 heavy (non-hydrogen) atoms. The van der Waals surface area contributed by atoms with E-state index in [1.54, 1.807) is 6.92 Å². The smallest absolute Gasteiger partial charge is 0.419 e. The van der Waals surface area contributed by atoms with E-state index in [-0.39, 0.29) is 31.6 Å². The van der Waals surface area contributed by atoms with E-state index < -0.39 is 29.0 Å². The van der Waals surface area contributed by atoms with Gasteiger partial charge in [-0.3, -0.25) is 9.59 Å². The van der Waals surface area contributed by atoms with Crippen LogP contribution in [0.15, 0.2) is 18.2 Å². The third kappa shape index (κ3) is 3.85. The molecule has 0 radical (unpaired) electrons. The zero-order chi connectivity index (χ0) is 17.9. The molecule has 2 rings (SSSR count). The van der Waals surface area contributed by atoms with Gasteiger partial charge in [0.1, 0.15) is 5.82 Å². The van der Waals surface area contributed by atoms with E-state index in [1.165, 1.54) is 4.90 Å². The Labute approximate surface area is 136 Å². The molecular weight excluding hydrogens is 330 g/mol. The van der Waals surface area contributed by atoms with E-state index in [9.17, 15) is 27.2 Å². The normalized spacial score (nSPS) is 16.1. The van der Waals surface area contributed by atoms with Gasteiger partial charge in [-0.1, -0.05) is 6.07 Å². The lowest BCUT2D eigenvalue weighted by Gasteiger charge is -2.31. The number of carbonyl (C=O) groups is 2. The number of benzene rings is 1. The molecule has 0 spiro atoms. The predicted octanol–water partition coefficient (Wildman–Crippen LogP) is 3.26. The fourth-order valence-corrected chi connectivity index (χ4v) is 2.66. The summed E-state index contributed by atoms with van der Waals surface area (Å²) in [5.41, 5.74) is -2.07. The lowest BCUT2D eigenvalue weighted by Crippen LogP contribution is -2.41. The van der Waals surface area contributed by atoms with Crippen molar-refractivity contribution in [3.05, 3.63) is 35.1 Å². The maximum Gasteiger partial charge on any atom is 0.419 e. The number of hydrogen-bond acceptors (Lipinski definition) is 3. The Morgan fingerprint density at radius 1 is 1.25 bits per heavy atom. The second kappa shape index (κ2) is 7.19. The molecule has 0 bridgehead atoms. The Morgan fingerprint density at radius 3 is 2.42 bits per heavy atom. The number of ether oxygens (including phenoxy) is 1. The molecule has 0 atom stereocenters. The number of carbonyl (C=O) groups excluding carboxylic acids is 2. The molecule has 1 amide bonds. The number of hydrogen-bond donors (Lipinski definition) is 0. The molecule has 4 nitrogen and oxygen atoms in total. The topological polar surface area (TPSA) is 46.6 Å². The van der Waals surface area contributed by atoms with E-state index in [0.717, 1.165) is 12.1 Å². The van der Waals surface area contributed by atoms with Crippen LogP contribution in [0.5, 0.6) is 0 Å². The van der Waals surface area contributed by atoms with Gasteiger partial charge in [0.05, 0.1) is 23.7 Å². The molecule has 0 unspecified atom stereocenters. The number of nitrogens with zero attached hydrogens (tertiary/aromatic N) is 1.